The van der Waals surface area contributed by atoms with E-state index in [1.807, 2.05) is 12.1 Å². The summed E-state index contributed by atoms with van der Waals surface area (Å²) in [5.74, 6) is 0. The minimum Gasteiger partial charge on any atom is -0.204 e. The van der Waals surface area contributed by atoms with Crippen LogP contribution in [0.2, 0.25) is 0 Å². The third kappa shape index (κ3) is 1.35. The van der Waals surface area contributed by atoms with E-state index < -0.39 is 0 Å². The first-order chi connectivity index (χ1) is 4.33. The Bertz CT molecular complexity index is 201. The molecule has 2 heteroatoms. The third-order valence-corrected chi connectivity index (χ3v) is 1.07. The zero-order valence-corrected chi connectivity index (χ0v) is 4.96. The molecule has 2 nitrogen and oxygen atoms in total. The van der Waals surface area contributed by atoms with Gasteiger partial charge in [-0.25, -0.2) is 5.53 Å². The summed E-state index contributed by atoms with van der Waals surface area (Å²) in [6.45, 7) is 3.69. The van der Waals surface area contributed by atoms with E-state index in [0.29, 0.717) is 5.69 Å². The van der Waals surface area contributed by atoms with Crippen molar-refractivity contribution in [2.24, 2.45) is 5.11 Å². The fraction of sp³-hybridized carbons (Fsp3) is 0. The number of rotatable bonds is 1. The van der Waals surface area contributed by atoms with Crippen molar-refractivity contribution in [3.05, 3.63) is 36.8 Å². The SMILES string of the molecule is [CH2]c1ccc(N=N)cc1. The minimum absolute atomic E-state index is 0.669. The second-order valence-corrected chi connectivity index (χ2v) is 1.78. The van der Waals surface area contributed by atoms with Crippen LogP contribution in [0.25, 0.3) is 0 Å². The number of benzene rings is 1. The Hall–Kier alpha value is -1.18. The number of hydrogen-bond donors (Lipinski definition) is 1. The average Bonchev–Trinajstić information content (AvgIpc) is 1.90. The normalized spacial score (nSPS) is 9.00. The Morgan fingerprint density at radius 2 is 1.78 bits per heavy atom. The fourth-order valence-corrected chi connectivity index (χ4v) is 0.570. The number of nitrogens with one attached hydrogen (secondary N) is 1. The van der Waals surface area contributed by atoms with E-state index in [2.05, 4.69) is 12.0 Å². The highest BCUT2D eigenvalue weighted by Crippen LogP contribution is 2.10. The molecule has 45 valence electrons. The summed E-state index contributed by atoms with van der Waals surface area (Å²) in [7, 11) is 0. The van der Waals surface area contributed by atoms with Crippen LogP contribution in [0.1, 0.15) is 5.56 Å². The quantitative estimate of drug-likeness (QED) is 0.551. The number of nitrogens with zero attached hydrogens (tertiary/aromatic N) is 1. The van der Waals surface area contributed by atoms with Gasteiger partial charge in [-0.05, 0) is 24.6 Å². The molecule has 0 saturated heterocycles. The van der Waals surface area contributed by atoms with Crippen LogP contribution in [0, 0.1) is 12.5 Å². The lowest BCUT2D eigenvalue weighted by Crippen LogP contribution is -1.66. The van der Waals surface area contributed by atoms with Crippen molar-refractivity contribution in [3.8, 4) is 0 Å². The molecule has 9 heavy (non-hydrogen) atoms. The summed E-state index contributed by atoms with van der Waals surface area (Å²) in [6.07, 6.45) is 0. The van der Waals surface area contributed by atoms with Crippen LogP contribution in [0.5, 0.6) is 0 Å². The van der Waals surface area contributed by atoms with Crippen molar-refractivity contribution in [1.82, 2.24) is 0 Å². The summed E-state index contributed by atoms with van der Waals surface area (Å²) in [5, 5.41) is 3.23. The van der Waals surface area contributed by atoms with Gasteiger partial charge in [-0.2, -0.15) is 5.11 Å². The molecule has 0 saturated carbocycles. The predicted octanol–water partition coefficient (Wildman–Crippen LogP) is 2.53. The maximum absolute atomic E-state index is 6.62. The van der Waals surface area contributed by atoms with Crippen molar-refractivity contribution >= 4 is 5.69 Å². The molecule has 0 unspecified atom stereocenters. The average molecular weight is 119 g/mol. The molecule has 1 aromatic rings. The summed E-state index contributed by atoms with van der Waals surface area (Å²) >= 11 is 0. The van der Waals surface area contributed by atoms with Crippen LogP contribution in [0.15, 0.2) is 29.4 Å². The highest BCUT2D eigenvalue weighted by molar-refractivity contribution is 5.38. The van der Waals surface area contributed by atoms with Gasteiger partial charge in [0.1, 0.15) is 0 Å². The van der Waals surface area contributed by atoms with Crippen LogP contribution < -0.4 is 0 Å². The van der Waals surface area contributed by atoms with Gasteiger partial charge in [0.2, 0.25) is 0 Å². The Balaban J connectivity index is 3.01. The van der Waals surface area contributed by atoms with E-state index in [0.717, 1.165) is 5.56 Å². The van der Waals surface area contributed by atoms with Gasteiger partial charge < -0.3 is 0 Å². The zero-order chi connectivity index (χ0) is 6.69. The summed E-state index contributed by atoms with van der Waals surface area (Å²) in [5.41, 5.74) is 8.23. The molecule has 0 aromatic heterocycles. The van der Waals surface area contributed by atoms with Gasteiger partial charge in [0.05, 0.1) is 5.69 Å². The van der Waals surface area contributed by atoms with Crippen LogP contribution in [0.4, 0.5) is 5.69 Å². The summed E-state index contributed by atoms with van der Waals surface area (Å²) in [4.78, 5) is 0. The van der Waals surface area contributed by atoms with Crippen LogP contribution in [0.3, 0.4) is 0 Å². The van der Waals surface area contributed by atoms with Gasteiger partial charge in [0.15, 0.2) is 0 Å². The van der Waals surface area contributed by atoms with E-state index in [9.17, 15) is 0 Å². The van der Waals surface area contributed by atoms with Crippen LogP contribution in [-0.4, -0.2) is 0 Å². The van der Waals surface area contributed by atoms with Crippen molar-refractivity contribution in [3.63, 3.8) is 0 Å². The maximum atomic E-state index is 6.62. The third-order valence-electron chi connectivity index (χ3n) is 1.07. The minimum atomic E-state index is 0.669. The Labute approximate surface area is 54.0 Å². The molecule has 0 aliphatic rings. The van der Waals surface area contributed by atoms with Crippen molar-refractivity contribution in [2.75, 3.05) is 0 Å². The van der Waals surface area contributed by atoms with E-state index in [1.54, 1.807) is 12.1 Å². The molecule has 0 bridgehead atoms. The topological polar surface area (TPSA) is 36.2 Å². The Kier molecular flexibility index (Phi) is 1.58. The predicted molar refractivity (Wildman–Crippen MR) is 35.7 cm³/mol. The van der Waals surface area contributed by atoms with Gasteiger partial charge in [-0.3, -0.25) is 0 Å². The lowest BCUT2D eigenvalue weighted by Gasteiger charge is -1.89. The molecule has 0 aliphatic heterocycles. The first-order valence-corrected chi connectivity index (χ1v) is 2.62. The van der Waals surface area contributed by atoms with Gasteiger partial charge in [0, 0.05) is 0 Å². The molecule has 1 N–H and O–H groups in total. The van der Waals surface area contributed by atoms with Gasteiger partial charge >= 0.3 is 0 Å². The summed E-state index contributed by atoms with van der Waals surface area (Å²) in [6, 6.07) is 7.17. The fourth-order valence-electron chi connectivity index (χ4n) is 0.570. The standard InChI is InChI=1S/C7H7N2/c1-6-2-4-7(9-8)5-3-6/h2-5,8H,1H2. The van der Waals surface area contributed by atoms with Crippen LogP contribution in [-0.2, 0) is 0 Å². The van der Waals surface area contributed by atoms with E-state index >= 15 is 0 Å². The Morgan fingerprint density at radius 1 is 1.22 bits per heavy atom. The van der Waals surface area contributed by atoms with E-state index in [4.69, 9.17) is 5.53 Å². The van der Waals surface area contributed by atoms with Crippen LogP contribution >= 0.6 is 0 Å². The molecule has 0 heterocycles. The molecule has 0 aliphatic carbocycles. The second-order valence-electron chi connectivity index (χ2n) is 1.78. The highest BCUT2D eigenvalue weighted by Gasteiger charge is 1.84. The summed E-state index contributed by atoms with van der Waals surface area (Å²) < 4.78 is 0. The monoisotopic (exact) mass is 119 g/mol. The second kappa shape index (κ2) is 2.40. The molecular weight excluding hydrogens is 112 g/mol. The largest absolute Gasteiger partial charge is 0.204 e. The Morgan fingerprint density at radius 3 is 2.22 bits per heavy atom. The van der Waals surface area contributed by atoms with Gasteiger partial charge in [0.25, 0.3) is 0 Å². The molecule has 0 amide bonds. The maximum Gasteiger partial charge on any atom is 0.0850 e. The van der Waals surface area contributed by atoms with Gasteiger partial charge in [-0.15, -0.1) is 0 Å². The zero-order valence-electron chi connectivity index (χ0n) is 4.96. The lowest BCUT2D eigenvalue weighted by molar-refractivity contribution is 1.15. The first kappa shape index (κ1) is 5.95. The van der Waals surface area contributed by atoms with Crippen molar-refractivity contribution in [2.45, 2.75) is 0 Å². The molecule has 1 rings (SSSR count). The van der Waals surface area contributed by atoms with Gasteiger partial charge in [-0.1, -0.05) is 12.1 Å². The highest BCUT2D eigenvalue weighted by atomic mass is 14.9. The van der Waals surface area contributed by atoms with Crippen molar-refractivity contribution < 1.29 is 0 Å². The molecule has 1 aromatic carbocycles. The molecule has 0 spiro atoms. The lowest BCUT2D eigenvalue weighted by atomic mass is 10.2. The molecular formula is C7H7N2. The van der Waals surface area contributed by atoms with E-state index in [-0.39, 0.29) is 0 Å². The number of hydrogen-bond acceptors (Lipinski definition) is 2. The molecule has 0 fully saturated rings. The first-order valence-electron chi connectivity index (χ1n) is 2.62. The van der Waals surface area contributed by atoms with E-state index in [1.165, 1.54) is 0 Å². The van der Waals surface area contributed by atoms with Crippen molar-refractivity contribution in [1.29, 1.82) is 5.53 Å². The molecule has 1 radical (unpaired) electrons. The smallest absolute Gasteiger partial charge is 0.0850 e. The molecule has 0 atom stereocenters.